The number of piperazine rings is 1. The van der Waals surface area contributed by atoms with Crippen molar-refractivity contribution >= 4 is 29.0 Å². The Morgan fingerprint density at radius 2 is 1.82 bits per heavy atom. The molecule has 1 rings (SSSR count). The Labute approximate surface area is 107 Å². The number of nitrogens with zero attached hydrogens (tertiary/aromatic N) is 2. The first-order valence-corrected chi connectivity index (χ1v) is 6.29. The van der Waals surface area contributed by atoms with Crippen molar-refractivity contribution in [2.45, 2.75) is 26.2 Å². The molecule has 0 aromatic rings. The second-order valence-electron chi connectivity index (χ2n) is 4.15. The number of unbranched alkanes of at least 4 members (excludes halogenated alkanes) is 1. The number of carbonyl (C=O) groups excluding carboxylic acids is 2. The van der Waals surface area contributed by atoms with E-state index in [-0.39, 0.29) is 24.9 Å². The predicted octanol–water partition coefficient (Wildman–Crippen LogP) is 0.134. The summed E-state index contributed by atoms with van der Waals surface area (Å²) in [6, 6.07) is 0. The average Bonchev–Trinajstić information content (AvgIpc) is 2.28. The van der Waals surface area contributed by atoms with E-state index in [9.17, 15) is 9.59 Å². The summed E-state index contributed by atoms with van der Waals surface area (Å²) in [6.45, 7) is 3.51. The first-order valence-electron chi connectivity index (χ1n) is 5.88. The Balaban J connectivity index is 2.32. The molecular weight excluding hydrogens is 238 g/mol. The maximum atomic E-state index is 11.7. The third kappa shape index (κ3) is 4.30. The van der Waals surface area contributed by atoms with Gasteiger partial charge < -0.3 is 15.5 Å². The fourth-order valence-corrected chi connectivity index (χ4v) is 1.94. The second-order valence-corrected chi connectivity index (χ2v) is 4.67. The SMILES string of the molecule is CCN1CC(=O)N(CCCCC(N)=S)CC1=O. The molecular formula is C11H19N3O2S. The minimum atomic E-state index is 0.0291. The monoisotopic (exact) mass is 257 g/mol. The van der Waals surface area contributed by atoms with Crippen LogP contribution >= 0.6 is 12.2 Å². The largest absolute Gasteiger partial charge is 0.393 e. The van der Waals surface area contributed by atoms with Crippen LogP contribution in [0.2, 0.25) is 0 Å². The van der Waals surface area contributed by atoms with Crippen molar-refractivity contribution in [3.05, 3.63) is 0 Å². The predicted molar refractivity (Wildman–Crippen MR) is 69.5 cm³/mol. The molecule has 0 radical (unpaired) electrons. The minimum Gasteiger partial charge on any atom is -0.393 e. The van der Waals surface area contributed by atoms with Gasteiger partial charge in [-0.1, -0.05) is 12.2 Å². The molecule has 5 nitrogen and oxygen atoms in total. The maximum absolute atomic E-state index is 11.7. The molecule has 0 unspecified atom stereocenters. The molecule has 1 saturated heterocycles. The molecule has 0 saturated carbocycles. The Morgan fingerprint density at radius 1 is 1.24 bits per heavy atom. The van der Waals surface area contributed by atoms with Gasteiger partial charge in [0.25, 0.3) is 0 Å². The lowest BCUT2D eigenvalue weighted by Crippen LogP contribution is -2.53. The van der Waals surface area contributed by atoms with Crippen LogP contribution in [-0.4, -0.2) is 52.8 Å². The van der Waals surface area contributed by atoms with Crippen LogP contribution in [0.1, 0.15) is 26.2 Å². The molecule has 2 N–H and O–H groups in total. The zero-order valence-corrected chi connectivity index (χ0v) is 11.0. The van der Waals surface area contributed by atoms with E-state index in [1.807, 2.05) is 6.92 Å². The summed E-state index contributed by atoms with van der Waals surface area (Å²) < 4.78 is 0. The molecule has 0 aliphatic carbocycles. The van der Waals surface area contributed by atoms with Gasteiger partial charge in [-0.15, -0.1) is 0 Å². The van der Waals surface area contributed by atoms with E-state index in [0.717, 1.165) is 12.8 Å². The van der Waals surface area contributed by atoms with Crippen LogP contribution in [-0.2, 0) is 9.59 Å². The number of rotatable bonds is 6. The Kier molecular flexibility index (Phi) is 5.34. The van der Waals surface area contributed by atoms with Gasteiger partial charge in [-0.25, -0.2) is 0 Å². The highest BCUT2D eigenvalue weighted by molar-refractivity contribution is 7.80. The summed E-state index contributed by atoms with van der Waals surface area (Å²) in [5, 5.41) is 0. The van der Waals surface area contributed by atoms with Crippen LogP contribution in [0.25, 0.3) is 0 Å². The van der Waals surface area contributed by atoms with Gasteiger partial charge in [-0.05, 0) is 26.2 Å². The lowest BCUT2D eigenvalue weighted by atomic mass is 10.2. The van der Waals surface area contributed by atoms with Crippen LogP contribution in [0.3, 0.4) is 0 Å². The van der Waals surface area contributed by atoms with E-state index in [1.54, 1.807) is 9.80 Å². The molecule has 1 fully saturated rings. The number of likely N-dealkylation sites (N-methyl/N-ethyl adjacent to an activating group) is 1. The van der Waals surface area contributed by atoms with Crippen molar-refractivity contribution in [3.8, 4) is 0 Å². The van der Waals surface area contributed by atoms with Crippen molar-refractivity contribution in [3.63, 3.8) is 0 Å². The van der Waals surface area contributed by atoms with E-state index >= 15 is 0 Å². The fraction of sp³-hybridized carbons (Fsp3) is 0.727. The first-order chi connectivity index (χ1) is 8.04. The van der Waals surface area contributed by atoms with Gasteiger partial charge in [-0.3, -0.25) is 9.59 Å². The number of carbonyl (C=O) groups is 2. The summed E-state index contributed by atoms with van der Waals surface area (Å²) in [7, 11) is 0. The molecule has 1 heterocycles. The second kappa shape index (κ2) is 6.54. The summed E-state index contributed by atoms with van der Waals surface area (Å²) in [5.74, 6) is 0.0585. The molecule has 1 aliphatic heterocycles. The average molecular weight is 257 g/mol. The van der Waals surface area contributed by atoms with E-state index in [0.29, 0.717) is 24.5 Å². The highest BCUT2D eigenvalue weighted by Crippen LogP contribution is 2.07. The van der Waals surface area contributed by atoms with Gasteiger partial charge in [0.15, 0.2) is 0 Å². The normalized spacial score (nSPS) is 16.5. The van der Waals surface area contributed by atoms with Gasteiger partial charge >= 0.3 is 0 Å². The van der Waals surface area contributed by atoms with Crippen molar-refractivity contribution in [1.29, 1.82) is 0 Å². The number of amides is 2. The molecule has 0 spiro atoms. The van der Waals surface area contributed by atoms with Crippen LogP contribution in [0.4, 0.5) is 0 Å². The highest BCUT2D eigenvalue weighted by Gasteiger charge is 2.28. The van der Waals surface area contributed by atoms with E-state index < -0.39 is 0 Å². The summed E-state index contributed by atoms with van der Waals surface area (Å²) in [6.07, 6.45) is 2.40. The molecule has 2 amide bonds. The fourth-order valence-electron chi connectivity index (χ4n) is 1.80. The van der Waals surface area contributed by atoms with Gasteiger partial charge in [0.2, 0.25) is 11.8 Å². The summed E-state index contributed by atoms with van der Waals surface area (Å²) in [4.78, 5) is 27.0. The molecule has 1 aliphatic rings. The van der Waals surface area contributed by atoms with Crippen LogP contribution < -0.4 is 5.73 Å². The first kappa shape index (κ1) is 13.9. The maximum Gasteiger partial charge on any atom is 0.242 e. The zero-order chi connectivity index (χ0) is 12.8. The number of nitrogens with two attached hydrogens (primary N) is 1. The summed E-state index contributed by atoms with van der Waals surface area (Å²) in [5.41, 5.74) is 5.39. The van der Waals surface area contributed by atoms with Gasteiger partial charge in [-0.2, -0.15) is 0 Å². The van der Waals surface area contributed by atoms with Gasteiger partial charge in [0.1, 0.15) is 0 Å². The van der Waals surface area contributed by atoms with Gasteiger partial charge in [0, 0.05) is 13.1 Å². The smallest absolute Gasteiger partial charge is 0.242 e. The topological polar surface area (TPSA) is 66.6 Å². The van der Waals surface area contributed by atoms with E-state index in [4.69, 9.17) is 18.0 Å². The number of thiocarbonyl (C=S) groups is 1. The van der Waals surface area contributed by atoms with Crippen molar-refractivity contribution in [2.75, 3.05) is 26.2 Å². The van der Waals surface area contributed by atoms with Crippen molar-refractivity contribution in [2.24, 2.45) is 5.73 Å². The summed E-state index contributed by atoms with van der Waals surface area (Å²) >= 11 is 4.77. The molecule has 0 atom stereocenters. The lowest BCUT2D eigenvalue weighted by molar-refractivity contribution is -0.149. The third-order valence-electron chi connectivity index (χ3n) is 2.84. The highest BCUT2D eigenvalue weighted by atomic mass is 32.1. The van der Waals surface area contributed by atoms with Crippen molar-refractivity contribution < 1.29 is 9.59 Å². The van der Waals surface area contributed by atoms with Crippen LogP contribution in [0, 0.1) is 0 Å². The molecule has 0 bridgehead atoms. The lowest BCUT2D eigenvalue weighted by Gasteiger charge is -2.33. The molecule has 6 heteroatoms. The quantitative estimate of drug-likeness (QED) is 0.543. The third-order valence-corrected chi connectivity index (χ3v) is 3.04. The zero-order valence-electron chi connectivity index (χ0n) is 10.1. The number of hydrogen-bond donors (Lipinski definition) is 1. The number of hydrogen-bond acceptors (Lipinski definition) is 3. The molecule has 96 valence electrons. The Bertz CT molecular complexity index is 320. The molecule has 0 aromatic carbocycles. The standard InChI is InChI=1S/C11H19N3O2S/c1-2-13-7-11(16)14(8-10(13)15)6-4-3-5-9(12)17/h2-8H2,1H3,(H2,12,17). The molecule has 17 heavy (non-hydrogen) atoms. The minimum absolute atomic E-state index is 0.0291. The van der Waals surface area contributed by atoms with E-state index in [1.165, 1.54) is 0 Å². The van der Waals surface area contributed by atoms with E-state index in [2.05, 4.69) is 0 Å². The molecule has 0 aromatic heterocycles. The van der Waals surface area contributed by atoms with Crippen molar-refractivity contribution in [1.82, 2.24) is 9.80 Å². The Hall–Kier alpha value is -1.17. The van der Waals surface area contributed by atoms with Crippen LogP contribution in [0.5, 0.6) is 0 Å². The Morgan fingerprint density at radius 3 is 2.41 bits per heavy atom. The van der Waals surface area contributed by atoms with Gasteiger partial charge in [0.05, 0.1) is 18.1 Å². The van der Waals surface area contributed by atoms with Crippen LogP contribution in [0.15, 0.2) is 0 Å².